The number of rotatable bonds is 5. The van der Waals surface area contributed by atoms with E-state index in [1.165, 1.54) is 11.1 Å². The highest BCUT2D eigenvalue weighted by molar-refractivity contribution is 5.90. The maximum Gasteiger partial charge on any atom is 0.141 e. The molecule has 0 heterocycles. The Morgan fingerprint density at radius 1 is 0.719 bits per heavy atom. The summed E-state index contributed by atoms with van der Waals surface area (Å²) in [5.74, 6) is -0.656. The molecule has 162 valence electrons. The van der Waals surface area contributed by atoms with Crippen molar-refractivity contribution in [3.8, 4) is 0 Å². The van der Waals surface area contributed by atoms with Crippen molar-refractivity contribution in [2.75, 3.05) is 0 Å². The van der Waals surface area contributed by atoms with Gasteiger partial charge in [-0.25, -0.2) is 0 Å². The van der Waals surface area contributed by atoms with Crippen LogP contribution in [0.25, 0.3) is 6.08 Å². The smallest absolute Gasteiger partial charge is 0.141 e. The monoisotopic (exact) mass is 422 g/mol. The third-order valence-electron chi connectivity index (χ3n) is 6.72. The molecule has 3 aromatic carbocycles. The molecular weight excluding hydrogens is 392 g/mol. The van der Waals surface area contributed by atoms with Crippen molar-refractivity contribution in [2.24, 2.45) is 11.8 Å². The number of hydrogen-bond acceptors (Lipinski definition) is 2. The first-order valence-electron chi connectivity index (χ1n) is 11.3. The summed E-state index contributed by atoms with van der Waals surface area (Å²) in [6.45, 7) is 6.16. The predicted octanol–water partition coefficient (Wildman–Crippen LogP) is 6.60. The molecule has 1 aliphatic carbocycles. The fourth-order valence-corrected chi connectivity index (χ4v) is 4.85. The number of hydrogen-bond donors (Lipinski definition) is 0. The Bertz CT molecular complexity index is 1110. The van der Waals surface area contributed by atoms with Crippen LogP contribution in [0.3, 0.4) is 0 Å². The van der Waals surface area contributed by atoms with Gasteiger partial charge in [0.25, 0.3) is 0 Å². The highest BCUT2D eigenvalue weighted by Crippen LogP contribution is 2.48. The summed E-state index contributed by atoms with van der Waals surface area (Å²) in [5, 5.41) is 0. The quantitative estimate of drug-likeness (QED) is 0.434. The molecule has 4 atom stereocenters. The number of Topliss-reactive ketones (excluding diaryl/α,β-unsaturated/α-hetero) is 1. The molecule has 0 spiro atoms. The fraction of sp³-hybridized carbons (Fsp3) is 0.267. The SMILES string of the molecule is Cc1ccc(/C=C/[C@@H]2CC(=O)[C@@H](c3ccc(C)cc3)[C@H](c3ccc(C)cc3)[C@H]2C=O)cc1. The zero-order valence-corrected chi connectivity index (χ0v) is 19.0. The summed E-state index contributed by atoms with van der Waals surface area (Å²) in [6, 6.07) is 24.8. The van der Waals surface area contributed by atoms with Gasteiger partial charge in [-0.05, 0) is 43.4 Å². The number of carbonyl (C=O) groups is 2. The Balaban J connectivity index is 1.74. The average Bonchev–Trinajstić information content (AvgIpc) is 2.79. The van der Waals surface area contributed by atoms with E-state index in [1.54, 1.807) is 0 Å². The molecule has 2 heteroatoms. The van der Waals surface area contributed by atoms with E-state index >= 15 is 0 Å². The van der Waals surface area contributed by atoms with Crippen molar-refractivity contribution >= 4 is 18.1 Å². The van der Waals surface area contributed by atoms with Gasteiger partial charge in [0.15, 0.2) is 0 Å². The van der Waals surface area contributed by atoms with Gasteiger partial charge in [-0.1, -0.05) is 102 Å². The van der Waals surface area contributed by atoms with Crippen LogP contribution in [0.2, 0.25) is 0 Å². The van der Waals surface area contributed by atoms with Crippen LogP contribution in [0.4, 0.5) is 0 Å². The molecule has 0 bridgehead atoms. The van der Waals surface area contributed by atoms with Crippen LogP contribution in [0.15, 0.2) is 78.9 Å². The van der Waals surface area contributed by atoms with E-state index in [0.29, 0.717) is 6.42 Å². The topological polar surface area (TPSA) is 34.1 Å². The van der Waals surface area contributed by atoms with Crippen molar-refractivity contribution in [2.45, 2.75) is 39.0 Å². The molecule has 0 unspecified atom stereocenters. The minimum Gasteiger partial charge on any atom is -0.303 e. The van der Waals surface area contributed by atoms with E-state index in [9.17, 15) is 9.59 Å². The molecule has 0 aromatic heterocycles. The minimum absolute atomic E-state index is 0.116. The largest absolute Gasteiger partial charge is 0.303 e. The van der Waals surface area contributed by atoms with Crippen LogP contribution in [-0.2, 0) is 9.59 Å². The van der Waals surface area contributed by atoms with Gasteiger partial charge in [0, 0.05) is 18.3 Å². The second kappa shape index (κ2) is 9.48. The van der Waals surface area contributed by atoms with Crippen LogP contribution in [0.1, 0.15) is 51.6 Å². The summed E-state index contributed by atoms with van der Waals surface area (Å²) in [5.41, 5.74) is 6.68. The summed E-state index contributed by atoms with van der Waals surface area (Å²) in [7, 11) is 0. The Kier molecular flexibility index (Phi) is 6.50. The van der Waals surface area contributed by atoms with Crippen LogP contribution in [0, 0.1) is 32.6 Å². The molecule has 1 saturated carbocycles. The van der Waals surface area contributed by atoms with E-state index in [2.05, 4.69) is 68.5 Å². The maximum absolute atomic E-state index is 13.5. The van der Waals surface area contributed by atoms with Crippen molar-refractivity contribution in [1.82, 2.24) is 0 Å². The van der Waals surface area contributed by atoms with E-state index in [0.717, 1.165) is 28.5 Å². The first kappa shape index (κ1) is 22.0. The first-order chi connectivity index (χ1) is 15.5. The average molecular weight is 423 g/mol. The van der Waals surface area contributed by atoms with Crippen molar-refractivity contribution < 1.29 is 9.59 Å². The maximum atomic E-state index is 13.5. The molecule has 3 aromatic rings. The van der Waals surface area contributed by atoms with Gasteiger partial charge in [0.2, 0.25) is 0 Å². The van der Waals surface area contributed by atoms with Crippen LogP contribution < -0.4 is 0 Å². The van der Waals surface area contributed by atoms with Crippen molar-refractivity contribution in [1.29, 1.82) is 0 Å². The first-order valence-corrected chi connectivity index (χ1v) is 11.3. The number of aldehydes is 1. The molecule has 1 aliphatic rings. The summed E-state index contributed by atoms with van der Waals surface area (Å²) >= 11 is 0. The van der Waals surface area contributed by atoms with Crippen LogP contribution in [-0.4, -0.2) is 12.1 Å². The number of benzene rings is 3. The molecule has 0 saturated heterocycles. The summed E-state index contributed by atoms with van der Waals surface area (Å²) < 4.78 is 0. The van der Waals surface area contributed by atoms with Gasteiger partial charge >= 0.3 is 0 Å². The molecular formula is C30H30O2. The third-order valence-corrected chi connectivity index (χ3v) is 6.72. The number of carbonyl (C=O) groups excluding carboxylic acids is 2. The van der Waals surface area contributed by atoms with Crippen LogP contribution >= 0.6 is 0 Å². The van der Waals surface area contributed by atoms with Gasteiger partial charge < -0.3 is 4.79 Å². The standard InChI is InChI=1S/C30H30O2/c1-20-4-10-23(11-5-20)12-17-26-18-28(32)30(25-15-8-22(3)9-16-25)29(27(26)19-31)24-13-6-21(2)7-14-24/h4-17,19,26-27,29-30H,18H2,1-3H3/b17-12+/t26-,27+,29-,30-/m1/s1. The van der Waals surface area contributed by atoms with E-state index in [-0.39, 0.29) is 29.5 Å². The van der Waals surface area contributed by atoms with Gasteiger partial charge in [-0.3, -0.25) is 4.79 Å². The number of aryl methyl sites for hydroxylation is 3. The summed E-state index contributed by atoms with van der Waals surface area (Å²) in [4.78, 5) is 26.0. The van der Waals surface area contributed by atoms with Crippen LogP contribution in [0.5, 0.6) is 0 Å². The zero-order valence-electron chi connectivity index (χ0n) is 19.0. The molecule has 1 fully saturated rings. The molecule has 4 rings (SSSR count). The fourth-order valence-electron chi connectivity index (χ4n) is 4.85. The van der Waals surface area contributed by atoms with Gasteiger partial charge in [0.05, 0.1) is 5.92 Å². The van der Waals surface area contributed by atoms with Gasteiger partial charge in [0.1, 0.15) is 12.1 Å². The zero-order chi connectivity index (χ0) is 22.7. The third kappa shape index (κ3) is 4.65. The molecule has 0 aliphatic heterocycles. The number of ketones is 1. The Labute approximate surface area is 191 Å². The highest BCUT2D eigenvalue weighted by Gasteiger charge is 2.44. The molecule has 0 N–H and O–H groups in total. The van der Waals surface area contributed by atoms with E-state index in [1.807, 2.05) is 37.3 Å². The van der Waals surface area contributed by atoms with Gasteiger partial charge in [-0.15, -0.1) is 0 Å². The number of allylic oxidation sites excluding steroid dienone is 1. The lowest BCUT2D eigenvalue weighted by molar-refractivity contribution is -0.126. The lowest BCUT2D eigenvalue weighted by Crippen LogP contribution is -2.38. The van der Waals surface area contributed by atoms with Crippen molar-refractivity contribution in [3.05, 3.63) is 112 Å². The van der Waals surface area contributed by atoms with E-state index < -0.39 is 0 Å². The molecule has 32 heavy (non-hydrogen) atoms. The Hall–Kier alpha value is -3.26. The highest BCUT2D eigenvalue weighted by atomic mass is 16.1. The van der Waals surface area contributed by atoms with Gasteiger partial charge in [-0.2, -0.15) is 0 Å². The van der Waals surface area contributed by atoms with Crippen molar-refractivity contribution in [3.63, 3.8) is 0 Å². The second-order valence-corrected chi connectivity index (χ2v) is 9.14. The predicted molar refractivity (Wildman–Crippen MR) is 131 cm³/mol. The second-order valence-electron chi connectivity index (χ2n) is 9.14. The molecule has 2 nitrogen and oxygen atoms in total. The van der Waals surface area contributed by atoms with E-state index in [4.69, 9.17) is 0 Å². The summed E-state index contributed by atoms with van der Waals surface area (Å²) in [6.07, 6.45) is 5.56. The lowest BCUT2D eigenvalue weighted by Gasteiger charge is -2.39. The lowest BCUT2D eigenvalue weighted by atomic mass is 9.62. The Morgan fingerprint density at radius 3 is 1.75 bits per heavy atom. The normalized spacial score (nSPS) is 23.4. The Morgan fingerprint density at radius 2 is 1.22 bits per heavy atom. The molecule has 0 amide bonds. The molecule has 0 radical (unpaired) electrons. The minimum atomic E-state index is -0.308.